The number of benzene rings is 1. The van der Waals surface area contributed by atoms with Gasteiger partial charge in [-0.05, 0) is 31.2 Å². The van der Waals surface area contributed by atoms with Gasteiger partial charge in [0, 0.05) is 17.1 Å². The van der Waals surface area contributed by atoms with Crippen LogP contribution >= 0.6 is 0 Å². The molecule has 11 heteroatoms. The van der Waals surface area contributed by atoms with E-state index < -0.39 is 21.4 Å². The molecule has 3 N–H and O–H groups in total. The smallest absolute Gasteiger partial charge is 0.348 e. The van der Waals surface area contributed by atoms with Gasteiger partial charge < -0.3 is 10.3 Å². The first kappa shape index (κ1) is 16.8. The Bertz CT molecular complexity index is 813. The lowest BCUT2D eigenvalue weighted by Gasteiger charge is -2.11. The molecule has 1 amide bonds. The van der Waals surface area contributed by atoms with Gasteiger partial charge in [-0.2, -0.15) is 21.6 Å². The second kappa shape index (κ2) is 5.91. The fourth-order valence-electron chi connectivity index (χ4n) is 1.61. The zero-order valence-electron chi connectivity index (χ0n) is 11.6. The van der Waals surface area contributed by atoms with E-state index in [1.165, 1.54) is 23.2 Å². The first-order valence-electron chi connectivity index (χ1n) is 6.10. The highest BCUT2D eigenvalue weighted by atomic mass is 32.2. The van der Waals surface area contributed by atoms with Gasteiger partial charge in [0.25, 0.3) is 5.91 Å². The molecule has 1 heterocycles. The van der Waals surface area contributed by atoms with E-state index in [-0.39, 0.29) is 17.1 Å². The van der Waals surface area contributed by atoms with Crippen molar-refractivity contribution < 1.29 is 26.4 Å². The van der Waals surface area contributed by atoms with Crippen molar-refractivity contribution in [3.05, 3.63) is 42.0 Å². The molecular formula is C12H11F3N4O3S. The molecule has 2 aromatic rings. The largest absolute Gasteiger partial charge is 0.516 e. The SMILES string of the molecule is Cc1[nH]cnc1C(=O)Nc1ccc(NS(=O)(=O)C(F)(F)F)cc1. The average Bonchev–Trinajstić information content (AvgIpc) is 2.85. The van der Waals surface area contributed by atoms with Crippen LogP contribution in [-0.4, -0.2) is 29.8 Å². The average molecular weight is 348 g/mol. The Morgan fingerprint density at radius 3 is 2.22 bits per heavy atom. The fraction of sp³-hybridized carbons (Fsp3) is 0.167. The maximum atomic E-state index is 12.2. The first-order valence-corrected chi connectivity index (χ1v) is 7.59. The van der Waals surface area contributed by atoms with Gasteiger partial charge >= 0.3 is 15.5 Å². The molecule has 0 saturated carbocycles. The van der Waals surface area contributed by atoms with E-state index in [2.05, 4.69) is 15.3 Å². The second-order valence-corrected chi connectivity index (χ2v) is 6.13. The molecule has 124 valence electrons. The summed E-state index contributed by atoms with van der Waals surface area (Å²) in [5.74, 6) is -0.507. The van der Waals surface area contributed by atoms with Gasteiger partial charge in [-0.1, -0.05) is 0 Å². The van der Waals surface area contributed by atoms with Crippen LogP contribution in [0.5, 0.6) is 0 Å². The van der Waals surface area contributed by atoms with Gasteiger partial charge in [0.15, 0.2) is 0 Å². The van der Waals surface area contributed by atoms with Gasteiger partial charge in [0.05, 0.1) is 6.33 Å². The summed E-state index contributed by atoms with van der Waals surface area (Å²) in [6, 6.07) is 4.70. The molecule has 1 aromatic carbocycles. The molecule has 0 bridgehead atoms. The van der Waals surface area contributed by atoms with E-state index in [1.54, 1.807) is 6.92 Å². The summed E-state index contributed by atoms with van der Waals surface area (Å²) in [5.41, 5.74) is -4.69. The Hall–Kier alpha value is -2.56. The molecule has 0 radical (unpaired) electrons. The summed E-state index contributed by atoms with van der Waals surface area (Å²) in [4.78, 5) is 18.4. The summed E-state index contributed by atoms with van der Waals surface area (Å²) in [5, 5.41) is 2.48. The van der Waals surface area contributed by atoms with Crippen molar-refractivity contribution in [3.8, 4) is 0 Å². The Morgan fingerprint density at radius 1 is 1.17 bits per heavy atom. The predicted octanol–water partition coefficient (Wildman–Crippen LogP) is 2.23. The van der Waals surface area contributed by atoms with E-state index in [1.807, 2.05) is 0 Å². The maximum absolute atomic E-state index is 12.2. The van der Waals surface area contributed by atoms with Crippen LogP contribution in [0.15, 0.2) is 30.6 Å². The number of aromatic nitrogens is 2. The number of sulfonamides is 1. The molecular weight excluding hydrogens is 337 g/mol. The molecule has 0 atom stereocenters. The van der Waals surface area contributed by atoms with Crippen LogP contribution in [0.3, 0.4) is 0 Å². The molecule has 23 heavy (non-hydrogen) atoms. The molecule has 0 saturated heterocycles. The standard InChI is InChI=1S/C12H11F3N4O3S/c1-7-10(17-6-16-7)11(20)18-8-2-4-9(5-3-8)19-23(21,22)12(13,14)15/h2-6,19H,1H3,(H,16,17)(H,18,20). The first-order chi connectivity index (χ1) is 10.6. The van der Waals surface area contributed by atoms with E-state index in [0.29, 0.717) is 5.69 Å². The summed E-state index contributed by atoms with van der Waals surface area (Å²) in [7, 11) is -5.48. The van der Waals surface area contributed by atoms with Crippen LogP contribution in [0.4, 0.5) is 24.5 Å². The number of halogens is 3. The number of amides is 1. The highest BCUT2D eigenvalue weighted by Crippen LogP contribution is 2.26. The van der Waals surface area contributed by atoms with E-state index in [0.717, 1.165) is 12.1 Å². The van der Waals surface area contributed by atoms with Crippen LogP contribution in [0.2, 0.25) is 0 Å². The fourth-order valence-corrected chi connectivity index (χ4v) is 2.17. The van der Waals surface area contributed by atoms with E-state index in [9.17, 15) is 26.4 Å². The van der Waals surface area contributed by atoms with Crippen LogP contribution < -0.4 is 10.0 Å². The predicted molar refractivity (Wildman–Crippen MR) is 76.3 cm³/mol. The topological polar surface area (TPSA) is 104 Å². The van der Waals surface area contributed by atoms with Gasteiger partial charge in [-0.25, -0.2) is 4.98 Å². The number of nitrogens with one attached hydrogen (secondary N) is 3. The number of carbonyl (C=O) groups excluding carboxylic acids is 1. The van der Waals surface area contributed by atoms with Crippen molar-refractivity contribution in [1.29, 1.82) is 0 Å². The van der Waals surface area contributed by atoms with Crippen LogP contribution in [-0.2, 0) is 10.0 Å². The molecule has 0 unspecified atom stereocenters. The number of aryl methyl sites for hydroxylation is 1. The van der Waals surface area contributed by atoms with E-state index in [4.69, 9.17) is 0 Å². The number of hydrogen-bond acceptors (Lipinski definition) is 4. The Morgan fingerprint density at radius 2 is 1.74 bits per heavy atom. The highest BCUT2D eigenvalue weighted by molar-refractivity contribution is 7.93. The maximum Gasteiger partial charge on any atom is 0.516 e. The van der Waals surface area contributed by atoms with Crippen molar-refractivity contribution in [2.75, 3.05) is 10.0 Å². The number of hydrogen-bond donors (Lipinski definition) is 3. The number of imidazole rings is 1. The summed E-state index contributed by atoms with van der Waals surface area (Å²) >= 11 is 0. The summed E-state index contributed by atoms with van der Waals surface area (Å²) in [6.45, 7) is 1.65. The van der Waals surface area contributed by atoms with Gasteiger partial charge in [0.2, 0.25) is 0 Å². The quantitative estimate of drug-likeness (QED) is 0.788. The number of H-pyrrole nitrogens is 1. The van der Waals surface area contributed by atoms with Crippen molar-refractivity contribution in [2.45, 2.75) is 12.4 Å². The zero-order chi connectivity index (χ0) is 17.3. The molecule has 2 rings (SSSR count). The third-order valence-electron chi connectivity index (χ3n) is 2.74. The normalized spacial score (nSPS) is 12.0. The number of aromatic amines is 1. The summed E-state index contributed by atoms with van der Waals surface area (Å²) in [6.07, 6.45) is 1.35. The Kier molecular flexibility index (Phi) is 4.32. The van der Waals surface area contributed by atoms with Crippen LogP contribution in [0, 0.1) is 6.92 Å². The minimum absolute atomic E-state index is 0.173. The monoisotopic (exact) mass is 348 g/mol. The number of nitrogens with zero attached hydrogens (tertiary/aromatic N) is 1. The van der Waals surface area contributed by atoms with E-state index >= 15 is 0 Å². The van der Waals surface area contributed by atoms with Crippen LogP contribution in [0.25, 0.3) is 0 Å². The third-order valence-corrected chi connectivity index (χ3v) is 3.86. The molecule has 7 nitrogen and oxygen atoms in total. The van der Waals surface area contributed by atoms with Crippen molar-refractivity contribution in [1.82, 2.24) is 9.97 Å². The molecule has 0 aliphatic carbocycles. The van der Waals surface area contributed by atoms with Crippen molar-refractivity contribution >= 4 is 27.3 Å². The molecule has 1 aromatic heterocycles. The third kappa shape index (κ3) is 3.80. The number of carbonyl (C=O) groups is 1. The Balaban J connectivity index is 2.09. The lowest BCUT2D eigenvalue weighted by molar-refractivity contribution is -0.0429. The summed E-state index contributed by atoms with van der Waals surface area (Å²) < 4.78 is 60.1. The minimum atomic E-state index is -5.48. The molecule has 0 aliphatic heterocycles. The second-order valence-electron chi connectivity index (χ2n) is 4.46. The number of rotatable bonds is 4. The lowest BCUT2D eigenvalue weighted by atomic mass is 10.2. The zero-order valence-corrected chi connectivity index (χ0v) is 12.4. The van der Waals surface area contributed by atoms with Crippen molar-refractivity contribution in [3.63, 3.8) is 0 Å². The Labute approximate surface area is 129 Å². The van der Waals surface area contributed by atoms with Gasteiger partial charge in [-0.15, -0.1) is 0 Å². The number of anilines is 2. The molecule has 0 aliphatic rings. The highest BCUT2D eigenvalue weighted by Gasteiger charge is 2.45. The molecule has 0 fully saturated rings. The molecule has 0 spiro atoms. The van der Waals surface area contributed by atoms with Crippen LogP contribution in [0.1, 0.15) is 16.2 Å². The minimum Gasteiger partial charge on any atom is -0.348 e. The van der Waals surface area contributed by atoms with Gasteiger partial charge in [-0.3, -0.25) is 9.52 Å². The lowest BCUT2D eigenvalue weighted by Crippen LogP contribution is -2.29. The number of alkyl halides is 3. The van der Waals surface area contributed by atoms with Gasteiger partial charge in [0.1, 0.15) is 5.69 Å². The van der Waals surface area contributed by atoms with Crippen molar-refractivity contribution in [2.24, 2.45) is 0 Å².